The molecule has 2 rings (SSSR count). The SMILES string of the molecule is C1CCNC2(CNC1)CNC2. The molecule has 0 atom stereocenters. The summed E-state index contributed by atoms with van der Waals surface area (Å²) in [5.41, 5.74) is 0.403. The van der Waals surface area contributed by atoms with Gasteiger partial charge in [0.25, 0.3) is 0 Å². The van der Waals surface area contributed by atoms with Crippen molar-refractivity contribution in [1.29, 1.82) is 0 Å². The maximum Gasteiger partial charge on any atom is 0.0558 e. The quantitative estimate of drug-likeness (QED) is 0.433. The zero-order chi connectivity index (χ0) is 7.57. The van der Waals surface area contributed by atoms with Crippen molar-refractivity contribution in [2.75, 3.05) is 32.7 Å². The smallest absolute Gasteiger partial charge is 0.0558 e. The van der Waals surface area contributed by atoms with Crippen LogP contribution in [0.3, 0.4) is 0 Å². The lowest BCUT2D eigenvalue weighted by Crippen LogP contribution is -2.72. The average Bonchev–Trinajstić information content (AvgIpc) is 1.82. The summed E-state index contributed by atoms with van der Waals surface area (Å²) in [6, 6.07) is 0. The molecule has 0 aromatic heterocycles. The van der Waals surface area contributed by atoms with Crippen LogP contribution in [0, 0.1) is 0 Å². The fourth-order valence-electron chi connectivity index (χ4n) is 1.80. The van der Waals surface area contributed by atoms with Crippen molar-refractivity contribution < 1.29 is 0 Å². The Morgan fingerprint density at radius 2 is 1.55 bits per heavy atom. The lowest BCUT2D eigenvalue weighted by Gasteiger charge is -2.44. The molecular weight excluding hydrogens is 138 g/mol. The molecule has 1 spiro atoms. The molecule has 0 unspecified atom stereocenters. The molecule has 0 aromatic carbocycles. The first-order valence-electron chi connectivity index (χ1n) is 4.58. The van der Waals surface area contributed by atoms with Crippen molar-refractivity contribution in [1.82, 2.24) is 16.0 Å². The zero-order valence-corrected chi connectivity index (χ0v) is 6.95. The largest absolute Gasteiger partial charge is 0.315 e. The minimum absolute atomic E-state index is 0.403. The molecule has 0 aliphatic carbocycles. The van der Waals surface area contributed by atoms with Gasteiger partial charge < -0.3 is 16.0 Å². The first-order valence-corrected chi connectivity index (χ1v) is 4.58. The Labute approximate surface area is 67.9 Å². The second-order valence-electron chi connectivity index (χ2n) is 3.69. The minimum atomic E-state index is 0.403. The molecule has 2 aliphatic rings. The summed E-state index contributed by atoms with van der Waals surface area (Å²) in [6.45, 7) is 5.81. The second kappa shape index (κ2) is 3.09. The van der Waals surface area contributed by atoms with Gasteiger partial charge in [0.15, 0.2) is 0 Å². The Balaban J connectivity index is 1.86. The Hall–Kier alpha value is -0.120. The number of nitrogens with one attached hydrogen (secondary N) is 3. The van der Waals surface area contributed by atoms with Gasteiger partial charge in [-0.15, -0.1) is 0 Å². The summed E-state index contributed by atoms with van der Waals surface area (Å²) >= 11 is 0. The molecule has 2 fully saturated rings. The molecule has 0 saturated carbocycles. The molecule has 2 saturated heterocycles. The lowest BCUT2D eigenvalue weighted by molar-refractivity contribution is 0.198. The molecule has 11 heavy (non-hydrogen) atoms. The van der Waals surface area contributed by atoms with E-state index < -0.39 is 0 Å². The molecule has 3 heteroatoms. The van der Waals surface area contributed by atoms with E-state index in [1.54, 1.807) is 0 Å². The standard InChI is InChI=1S/C8H17N3/c1-2-4-11-8(5-9-3-1)6-10-7-8/h9-11H,1-7H2. The van der Waals surface area contributed by atoms with Crippen molar-refractivity contribution >= 4 is 0 Å². The summed E-state index contributed by atoms with van der Waals surface area (Å²) in [6.07, 6.45) is 2.63. The molecule has 0 radical (unpaired) electrons. The van der Waals surface area contributed by atoms with E-state index in [4.69, 9.17) is 0 Å². The van der Waals surface area contributed by atoms with Crippen LogP contribution in [-0.2, 0) is 0 Å². The van der Waals surface area contributed by atoms with E-state index in [1.807, 2.05) is 0 Å². The van der Waals surface area contributed by atoms with Gasteiger partial charge in [-0.25, -0.2) is 0 Å². The summed E-state index contributed by atoms with van der Waals surface area (Å²) in [5, 5.41) is 10.4. The van der Waals surface area contributed by atoms with Gasteiger partial charge in [0, 0.05) is 19.6 Å². The van der Waals surface area contributed by atoms with Crippen LogP contribution in [0.25, 0.3) is 0 Å². The van der Waals surface area contributed by atoms with Crippen LogP contribution >= 0.6 is 0 Å². The van der Waals surface area contributed by atoms with Crippen LogP contribution in [-0.4, -0.2) is 38.3 Å². The maximum absolute atomic E-state index is 3.61. The summed E-state index contributed by atoms with van der Waals surface area (Å²) < 4.78 is 0. The van der Waals surface area contributed by atoms with Gasteiger partial charge in [-0.05, 0) is 25.9 Å². The molecule has 2 heterocycles. The predicted molar refractivity (Wildman–Crippen MR) is 45.7 cm³/mol. The summed E-state index contributed by atoms with van der Waals surface area (Å²) in [4.78, 5) is 0. The highest BCUT2D eigenvalue weighted by Gasteiger charge is 2.35. The van der Waals surface area contributed by atoms with Crippen LogP contribution in [0.2, 0.25) is 0 Å². The van der Waals surface area contributed by atoms with Gasteiger partial charge in [-0.1, -0.05) is 0 Å². The highest BCUT2D eigenvalue weighted by Crippen LogP contribution is 2.10. The fraction of sp³-hybridized carbons (Fsp3) is 1.00. The van der Waals surface area contributed by atoms with E-state index in [-0.39, 0.29) is 0 Å². The molecule has 0 aromatic rings. The van der Waals surface area contributed by atoms with E-state index in [0.717, 1.165) is 19.6 Å². The third kappa shape index (κ3) is 1.55. The molecule has 0 amide bonds. The third-order valence-electron chi connectivity index (χ3n) is 2.67. The van der Waals surface area contributed by atoms with E-state index in [9.17, 15) is 0 Å². The highest BCUT2D eigenvalue weighted by molar-refractivity contribution is 5.02. The number of hydrogen-bond acceptors (Lipinski definition) is 3. The zero-order valence-electron chi connectivity index (χ0n) is 6.95. The van der Waals surface area contributed by atoms with E-state index in [2.05, 4.69) is 16.0 Å². The van der Waals surface area contributed by atoms with Gasteiger partial charge in [-0.3, -0.25) is 0 Å². The van der Waals surface area contributed by atoms with Crippen LogP contribution in [0.5, 0.6) is 0 Å². The van der Waals surface area contributed by atoms with Crippen molar-refractivity contribution in [3.63, 3.8) is 0 Å². The number of rotatable bonds is 0. The van der Waals surface area contributed by atoms with E-state index in [0.29, 0.717) is 5.54 Å². The topological polar surface area (TPSA) is 36.1 Å². The van der Waals surface area contributed by atoms with Crippen LogP contribution in [0.1, 0.15) is 12.8 Å². The van der Waals surface area contributed by atoms with Crippen LogP contribution in [0.15, 0.2) is 0 Å². The fourth-order valence-corrected chi connectivity index (χ4v) is 1.80. The highest BCUT2D eigenvalue weighted by atomic mass is 15.2. The van der Waals surface area contributed by atoms with Crippen molar-refractivity contribution in [3.8, 4) is 0 Å². The number of hydrogen-bond donors (Lipinski definition) is 3. The molecule has 64 valence electrons. The second-order valence-corrected chi connectivity index (χ2v) is 3.69. The normalized spacial score (nSPS) is 30.5. The van der Waals surface area contributed by atoms with Crippen LogP contribution in [0.4, 0.5) is 0 Å². The average molecular weight is 155 g/mol. The first-order chi connectivity index (χ1) is 5.41. The Bertz CT molecular complexity index is 121. The minimum Gasteiger partial charge on any atom is -0.315 e. The monoisotopic (exact) mass is 155 g/mol. The Kier molecular flexibility index (Phi) is 2.11. The molecular formula is C8H17N3. The summed E-state index contributed by atoms with van der Waals surface area (Å²) in [7, 11) is 0. The van der Waals surface area contributed by atoms with E-state index >= 15 is 0 Å². The van der Waals surface area contributed by atoms with Crippen molar-refractivity contribution in [2.45, 2.75) is 18.4 Å². The molecule has 0 bridgehead atoms. The van der Waals surface area contributed by atoms with Gasteiger partial charge in [-0.2, -0.15) is 0 Å². The van der Waals surface area contributed by atoms with Gasteiger partial charge in [0.2, 0.25) is 0 Å². The summed E-state index contributed by atoms with van der Waals surface area (Å²) in [5.74, 6) is 0. The van der Waals surface area contributed by atoms with Gasteiger partial charge >= 0.3 is 0 Å². The first kappa shape index (κ1) is 7.53. The van der Waals surface area contributed by atoms with Crippen LogP contribution < -0.4 is 16.0 Å². The molecule has 3 N–H and O–H groups in total. The Morgan fingerprint density at radius 1 is 0.818 bits per heavy atom. The predicted octanol–water partition coefficient (Wildman–Crippen LogP) is -0.699. The van der Waals surface area contributed by atoms with Gasteiger partial charge in [0.05, 0.1) is 5.54 Å². The van der Waals surface area contributed by atoms with E-state index in [1.165, 1.54) is 25.9 Å². The molecule has 3 nitrogen and oxygen atoms in total. The van der Waals surface area contributed by atoms with Crippen molar-refractivity contribution in [3.05, 3.63) is 0 Å². The lowest BCUT2D eigenvalue weighted by atomic mass is 9.91. The van der Waals surface area contributed by atoms with Gasteiger partial charge in [0.1, 0.15) is 0 Å². The third-order valence-corrected chi connectivity index (χ3v) is 2.67. The Morgan fingerprint density at radius 3 is 2.27 bits per heavy atom. The molecule has 2 aliphatic heterocycles. The van der Waals surface area contributed by atoms with Crippen molar-refractivity contribution in [2.24, 2.45) is 0 Å². The maximum atomic E-state index is 3.61.